The third-order valence-corrected chi connectivity index (χ3v) is 3.63. The SMILES string of the molecule is Cc1cc(Cl)cc(C(N)c2ccnn2-c2ccccc2)c1. The predicted octanol–water partition coefficient (Wildman–Crippen LogP) is 3.88. The molecule has 1 atom stereocenters. The number of hydrogen-bond donors (Lipinski definition) is 1. The summed E-state index contributed by atoms with van der Waals surface area (Å²) in [5.41, 5.74) is 10.4. The van der Waals surface area contributed by atoms with Gasteiger partial charge in [0.2, 0.25) is 0 Å². The fourth-order valence-corrected chi connectivity index (χ4v) is 2.75. The van der Waals surface area contributed by atoms with Crippen LogP contribution in [0.25, 0.3) is 5.69 Å². The highest BCUT2D eigenvalue weighted by Crippen LogP contribution is 2.25. The van der Waals surface area contributed by atoms with Crippen LogP contribution in [0, 0.1) is 6.92 Å². The number of para-hydroxylation sites is 1. The smallest absolute Gasteiger partial charge is 0.0728 e. The van der Waals surface area contributed by atoms with Gasteiger partial charge in [-0.05, 0) is 48.4 Å². The van der Waals surface area contributed by atoms with E-state index in [9.17, 15) is 0 Å². The molecule has 0 aliphatic heterocycles. The highest BCUT2D eigenvalue weighted by Gasteiger charge is 2.15. The van der Waals surface area contributed by atoms with Crippen molar-refractivity contribution in [1.29, 1.82) is 0 Å². The van der Waals surface area contributed by atoms with Crippen LogP contribution in [-0.4, -0.2) is 9.78 Å². The summed E-state index contributed by atoms with van der Waals surface area (Å²) in [6.07, 6.45) is 1.76. The maximum atomic E-state index is 6.42. The quantitative estimate of drug-likeness (QED) is 0.797. The molecule has 3 aromatic rings. The third kappa shape index (κ3) is 2.84. The van der Waals surface area contributed by atoms with Gasteiger partial charge in [0, 0.05) is 11.2 Å². The van der Waals surface area contributed by atoms with E-state index in [1.54, 1.807) is 6.20 Å². The van der Waals surface area contributed by atoms with Crippen molar-refractivity contribution in [3.8, 4) is 5.69 Å². The van der Waals surface area contributed by atoms with Crippen LogP contribution in [0.1, 0.15) is 22.9 Å². The van der Waals surface area contributed by atoms with Crippen LogP contribution in [0.3, 0.4) is 0 Å². The first-order chi connectivity index (χ1) is 10.1. The summed E-state index contributed by atoms with van der Waals surface area (Å²) in [7, 11) is 0. The van der Waals surface area contributed by atoms with Gasteiger partial charge in [0.15, 0.2) is 0 Å². The maximum absolute atomic E-state index is 6.42. The van der Waals surface area contributed by atoms with Crippen LogP contribution < -0.4 is 5.73 Å². The van der Waals surface area contributed by atoms with Crippen molar-refractivity contribution in [1.82, 2.24) is 9.78 Å². The molecule has 4 heteroatoms. The molecule has 0 fully saturated rings. The third-order valence-electron chi connectivity index (χ3n) is 3.41. The van der Waals surface area contributed by atoms with Gasteiger partial charge in [0.25, 0.3) is 0 Å². The summed E-state index contributed by atoms with van der Waals surface area (Å²) in [6.45, 7) is 2.01. The average molecular weight is 298 g/mol. The molecule has 0 saturated heterocycles. The van der Waals surface area contributed by atoms with Crippen molar-refractivity contribution >= 4 is 11.6 Å². The first-order valence-corrected chi connectivity index (χ1v) is 7.15. The second-order valence-electron chi connectivity index (χ2n) is 5.04. The lowest BCUT2D eigenvalue weighted by molar-refractivity contribution is 0.739. The van der Waals surface area contributed by atoms with Gasteiger partial charge in [0.05, 0.1) is 17.4 Å². The van der Waals surface area contributed by atoms with Crippen LogP contribution >= 0.6 is 11.6 Å². The minimum Gasteiger partial charge on any atom is -0.319 e. The Labute approximate surface area is 129 Å². The maximum Gasteiger partial charge on any atom is 0.0728 e. The van der Waals surface area contributed by atoms with Crippen LogP contribution in [0.4, 0.5) is 0 Å². The van der Waals surface area contributed by atoms with Gasteiger partial charge in [-0.3, -0.25) is 0 Å². The Bertz CT molecular complexity index is 729. The Hall–Kier alpha value is -2.10. The number of benzene rings is 2. The Morgan fingerprint density at radius 3 is 2.57 bits per heavy atom. The summed E-state index contributed by atoms with van der Waals surface area (Å²) in [5, 5.41) is 5.08. The molecular weight excluding hydrogens is 282 g/mol. The lowest BCUT2D eigenvalue weighted by Gasteiger charge is -2.15. The first-order valence-electron chi connectivity index (χ1n) is 6.77. The molecule has 1 heterocycles. The molecule has 106 valence electrons. The fraction of sp³-hybridized carbons (Fsp3) is 0.118. The number of aryl methyl sites for hydroxylation is 1. The molecule has 21 heavy (non-hydrogen) atoms. The largest absolute Gasteiger partial charge is 0.319 e. The zero-order chi connectivity index (χ0) is 14.8. The zero-order valence-electron chi connectivity index (χ0n) is 11.7. The topological polar surface area (TPSA) is 43.8 Å². The van der Waals surface area contributed by atoms with Crippen molar-refractivity contribution < 1.29 is 0 Å². The van der Waals surface area contributed by atoms with E-state index in [-0.39, 0.29) is 6.04 Å². The van der Waals surface area contributed by atoms with Gasteiger partial charge in [-0.2, -0.15) is 5.10 Å². The number of hydrogen-bond acceptors (Lipinski definition) is 2. The zero-order valence-corrected chi connectivity index (χ0v) is 12.5. The Morgan fingerprint density at radius 2 is 1.86 bits per heavy atom. The average Bonchev–Trinajstić information content (AvgIpc) is 2.95. The van der Waals surface area contributed by atoms with Crippen LogP contribution in [0.2, 0.25) is 5.02 Å². The van der Waals surface area contributed by atoms with Crippen molar-refractivity contribution in [2.75, 3.05) is 0 Å². The van der Waals surface area contributed by atoms with E-state index >= 15 is 0 Å². The molecule has 3 nitrogen and oxygen atoms in total. The van der Waals surface area contributed by atoms with Crippen molar-refractivity contribution in [2.24, 2.45) is 5.73 Å². The number of aromatic nitrogens is 2. The highest BCUT2D eigenvalue weighted by atomic mass is 35.5. The minimum absolute atomic E-state index is 0.273. The van der Waals surface area contributed by atoms with Gasteiger partial charge in [-0.15, -0.1) is 0 Å². The molecule has 1 aromatic heterocycles. The number of halogens is 1. The second-order valence-corrected chi connectivity index (χ2v) is 5.48. The van der Waals surface area contributed by atoms with E-state index in [0.717, 1.165) is 22.5 Å². The van der Waals surface area contributed by atoms with Crippen molar-refractivity contribution in [3.05, 3.63) is 82.6 Å². The van der Waals surface area contributed by atoms with Crippen LogP contribution in [-0.2, 0) is 0 Å². The summed E-state index contributed by atoms with van der Waals surface area (Å²) >= 11 is 6.13. The second kappa shape index (κ2) is 5.72. The summed E-state index contributed by atoms with van der Waals surface area (Å²) in [4.78, 5) is 0. The summed E-state index contributed by atoms with van der Waals surface area (Å²) < 4.78 is 1.86. The van der Waals surface area contributed by atoms with E-state index < -0.39 is 0 Å². The molecule has 0 radical (unpaired) electrons. The molecule has 2 aromatic carbocycles. The highest BCUT2D eigenvalue weighted by molar-refractivity contribution is 6.30. The lowest BCUT2D eigenvalue weighted by atomic mass is 10.0. The monoisotopic (exact) mass is 297 g/mol. The standard InChI is InChI=1S/C17H16ClN3/c1-12-9-13(11-14(18)10-12)17(19)16-7-8-20-21(16)15-5-3-2-4-6-15/h2-11,17H,19H2,1H3. The molecule has 2 N–H and O–H groups in total. The summed E-state index contributed by atoms with van der Waals surface area (Å²) in [5.74, 6) is 0. The summed E-state index contributed by atoms with van der Waals surface area (Å²) in [6, 6.07) is 17.5. The molecule has 0 saturated carbocycles. The number of nitrogens with zero attached hydrogens (tertiary/aromatic N) is 2. The molecule has 0 aliphatic carbocycles. The van der Waals surface area contributed by atoms with E-state index in [2.05, 4.69) is 11.2 Å². The molecule has 0 aliphatic rings. The Balaban J connectivity index is 2.03. The lowest BCUT2D eigenvalue weighted by Crippen LogP contribution is -2.17. The van der Waals surface area contributed by atoms with E-state index in [4.69, 9.17) is 17.3 Å². The molecule has 0 amide bonds. The van der Waals surface area contributed by atoms with E-state index in [0.29, 0.717) is 5.02 Å². The normalized spacial score (nSPS) is 12.3. The van der Waals surface area contributed by atoms with E-state index in [1.807, 2.05) is 60.1 Å². The van der Waals surface area contributed by atoms with Gasteiger partial charge < -0.3 is 5.73 Å². The number of nitrogens with two attached hydrogens (primary N) is 1. The Kier molecular flexibility index (Phi) is 3.78. The number of rotatable bonds is 3. The van der Waals surface area contributed by atoms with Gasteiger partial charge in [-0.25, -0.2) is 4.68 Å². The first kappa shape index (κ1) is 13.9. The molecular formula is C17H16ClN3. The minimum atomic E-state index is -0.273. The molecule has 1 unspecified atom stereocenters. The van der Waals surface area contributed by atoms with Crippen molar-refractivity contribution in [2.45, 2.75) is 13.0 Å². The van der Waals surface area contributed by atoms with Crippen molar-refractivity contribution in [3.63, 3.8) is 0 Å². The molecule has 3 rings (SSSR count). The predicted molar refractivity (Wildman–Crippen MR) is 85.8 cm³/mol. The molecule has 0 bridgehead atoms. The van der Waals surface area contributed by atoms with Crippen LogP contribution in [0.5, 0.6) is 0 Å². The van der Waals surface area contributed by atoms with Gasteiger partial charge >= 0.3 is 0 Å². The van der Waals surface area contributed by atoms with Crippen LogP contribution in [0.15, 0.2) is 60.8 Å². The van der Waals surface area contributed by atoms with Gasteiger partial charge in [0.1, 0.15) is 0 Å². The van der Waals surface area contributed by atoms with Gasteiger partial charge in [-0.1, -0.05) is 35.9 Å². The fourth-order valence-electron chi connectivity index (χ4n) is 2.45. The van der Waals surface area contributed by atoms with E-state index in [1.165, 1.54) is 0 Å². The molecule has 0 spiro atoms. The Morgan fingerprint density at radius 1 is 1.10 bits per heavy atom.